The Morgan fingerprint density at radius 1 is 1.64 bits per heavy atom. The Labute approximate surface area is 79.4 Å². The fourth-order valence-electron chi connectivity index (χ4n) is 0.997. The van der Waals surface area contributed by atoms with E-state index in [9.17, 15) is 13.6 Å². The van der Waals surface area contributed by atoms with Crippen molar-refractivity contribution in [3.63, 3.8) is 0 Å². The number of carboxylic acid groups (broad SMARTS) is 1. The molecule has 76 valence electrons. The number of pyridine rings is 1. The second-order valence-electron chi connectivity index (χ2n) is 2.99. The number of alkyl halides is 2. The lowest BCUT2D eigenvalue weighted by Gasteiger charge is -2.11. The second kappa shape index (κ2) is 3.69. The maximum absolute atomic E-state index is 12.8. The number of nitrogens with zero attached hydrogens (tertiary/aromatic N) is 1. The number of carbonyl (C=O) groups is 1. The smallest absolute Gasteiger partial charge is 0.374 e. The van der Waals surface area contributed by atoms with Gasteiger partial charge in [0, 0.05) is 18.8 Å². The maximum Gasteiger partial charge on any atom is 0.374 e. The van der Waals surface area contributed by atoms with Gasteiger partial charge in [-0.25, -0.2) is 4.79 Å². The molecule has 1 rings (SSSR count). The quantitative estimate of drug-likeness (QED) is 0.808. The molecule has 1 N–H and O–H groups in total. The predicted octanol–water partition coefficient (Wildman–Crippen LogP) is 1.65. The Balaban J connectivity index is 2.89. The summed E-state index contributed by atoms with van der Waals surface area (Å²) in [5.41, 5.74) is 0.862. The van der Waals surface area contributed by atoms with Gasteiger partial charge in [0.05, 0.1) is 0 Å². The van der Waals surface area contributed by atoms with Crippen molar-refractivity contribution < 1.29 is 18.7 Å². The molecule has 1 heterocycles. The standard InChI is InChI=1S/C9H9F2NO2/c1-6-2-3-12-5-7(6)4-9(10,11)8(13)14/h2-3,5H,4H2,1H3,(H,13,14). The maximum atomic E-state index is 12.8. The van der Waals surface area contributed by atoms with E-state index in [0.29, 0.717) is 5.56 Å². The summed E-state index contributed by atoms with van der Waals surface area (Å²) in [6, 6.07) is 1.56. The van der Waals surface area contributed by atoms with Crippen LogP contribution in [0, 0.1) is 6.92 Å². The van der Waals surface area contributed by atoms with Gasteiger partial charge in [-0.1, -0.05) is 0 Å². The van der Waals surface area contributed by atoms with E-state index < -0.39 is 18.3 Å². The monoisotopic (exact) mass is 201 g/mol. The van der Waals surface area contributed by atoms with Crippen LogP contribution in [-0.4, -0.2) is 22.0 Å². The Kier molecular flexibility index (Phi) is 2.78. The lowest BCUT2D eigenvalue weighted by atomic mass is 10.0. The molecule has 5 heteroatoms. The van der Waals surface area contributed by atoms with Gasteiger partial charge in [-0.05, 0) is 24.1 Å². The van der Waals surface area contributed by atoms with Crippen molar-refractivity contribution in [2.24, 2.45) is 0 Å². The number of aliphatic carboxylic acids is 1. The lowest BCUT2D eigenvalue weighted by Crippen LogP contribution is -2.31. The average molecular weight is 201 g/mol. The highest BCUT2D eigenvalue weighted by Gasteiger charge is 2.39. The van der Waals surface area contributed by atoms with Gasteiger partial charge in [-0.2, -0.15) is 8.78 Å². The molecule has 0 spiro atoms. The highest BCUT2D eigenvalue weighted by molar-refractivity contribution is 5.75. The molecule has 1 aromatic rings. The van der Waals surface area contributed by atoms with Gasteiger partial charge in [0.1, 0.15) is 0 Å². The van der Waals surface area contributed by atoms with Crippen molar-refractivity contribution in [3.8, 4) is 0 Å². The fourth-order valence-corrected chi connectivity index (χ4v) is 0.997. The minimum atomic E-state index is -3.73. The van der Waals surface area contributed by atoms with Crippen LogP contribution < -0.4 is 0 Å². The molecule has 0 radical (unpaired) electrons. The number of hydrogen-bond acceptors (Lipinski definition) is 2. The van der Waals surface area contributed by atoms with Crippen LogP contribution in [0.15, 0.2) is 18.5 Å². The Bertz CT molecular complexity index is 352. The summed E-state index contributed by atoms with van der Waals surface area (Å²) in [6.07, 6.45) is 1.91. The molecule has 0 aromatic carbocycles. The third kappa shape index (κ3) is 2.25. The van der Waals surface area contributed by atoms with Crippen molar-refractivity contribution in [2.45, 2.75) is 19.3 Å². The summed E-state index contributed by atoms with van der Waals surface area (Å²) < 4.78 is 25.6. The van der Waals surface area contributed by atoms with Crippen molar-refractivity contribution in [1.29, 1.82) is 0 Å². The van der Waals surface area contributed by atoms with Crippen LogP contribution >= 0.6 is 0 Å². The average Bonchev–Trinajstić information content (AvgIpc) is 2.08. The summed E-state index contributed by atoms with van der Waals surface area (Å²) >= 11 is 0. The van der Waals surface area contributed by atoms with Gasteiger partial charge in [-0.3, -0.25) is 4.98 Å². The van der Waals surface area contributed by atoms with Gasteiger partial charge in [0.2, 0.25) is 0 Å². The van der Waals surface area contributed by atoms with Crippen LogP contribution in [-0.2, 0) is 11.2 Å². The molecule has 0 amide bonds. The van der Waals surface area contributed by atoms with Crippen LogP contribution in [0.25, 0.3) is 0 Å². The van der Waals surface area contributed by atoms with E-state index >= 15 is 0 Å². The Hall–Kier alpha value is -1.52. The van der Waals surface area contributed by atoms with Crippen molar-refractivity contribution in [1.82, 2.24) is 4.98 Å². The van der Waals surface area contributed by atoms with E-state index in [1.54, 1.807) is 13.0 Å². The zero-order chi connectivity index (χ0) is 10.8. The molecule has 0 saturated heterocycles. The summed E-state index contributed by atoms with van der Waals surface area (Å²) in [7, 11) is 0. The van der Waals surface area contributed by atoms with Crippen LogP contribution in [0.2, 0.25) is 0 Å². The molecule has 3 nitrogen and oxygen atoms in total. The summed E-state index contributed by atoms with van der Waals surface area (Å²) in [4.78, 5) is 13.8. The highest BCUT2D eigenvalue weighted by atomic mass is 19.3. The first kappa shape index (κ1) is 10.6. The zero-order valence-corrected chi connectivity index (χ0v) is 7.50. The SMILES string of the molecule is Cc1ccncc1CC(F)(F)C(=O)O. The molecular weight excluding hydrogens is 192 g/mol. The van der Waals surface area contributed by atoms with E-state index in [1.807, 2.05) is 0 Å². The van der Waals surface area contributed by atoms with Crippen molar-refractivity contribution in [3.05, 3.63) is 29.6 Å². The van der Waals surface area contributed by atoms with E-state index in [2.05, 4.69) is 4.98 Å². The number of rotatable bonds is 3. The molecule has 0 fully saturated rings. The summed E-state index contributed by atoms with van der Waals surface area (Å²) in [6.45, 7) is 1.63. The third-order valence-electron chi connectivity index (χ3n) is 1.87. The second-order valence-corrected chi connectivity index (χ2v) is 2.99. The normalized spacial score (nSPS) is 11.4. The zero-order valence-electron chi connectivity index (χ0n) is 7.50. The minimum absolute atomic E-state index is 0.250. The first-order chi connectivity index (χ1) is 6.43. The summed E-state index contributed by atoms with van der Waals surface area (Å²) in [5, 5.41) is 8.22. The van der Waals surface area contributed by atoms with E-state index in [0.717, 1.165) is 0 Å². The number of aromatic nitrogens is 1. The Morgan fingerprint density at radius 2 is 2.29 bits per heavy atom. The molecule has 14 heavy (non-hydrogen) atoms. The van der Waals surface area contributed by atoms with Gasteiger partial charge in [0.15, 0.2) is 0 Å². The van der Waals surface area contributed by atoms with E-state index in [-0.39, 0.29) is 5.56 Å². The van der Waals surface area contributed by atoms with Gasteiger partial charge in [-0.15, -0.1) is 0 Å². The van der Waals surface area contributed by atoms with Gasteiger partial charge < -0.3 is 5.11 Å². The van der Waals surface area contributed by atoms with Gasteiger partial charge >= 0.3 is 11.9 Å². The number of hydrogen-bond donors (Lipinski definition) is 1. The molecular formula is C9H9F2NO2. The van der Waals surface area contributed by atoms with Crippen LogP contribution in [0.4, 0.5) is 8.78 Å². The first-order valence-electron chi connectivity index (χ1n) is 3.94. The molecule has 0 aliphatic rings. The van der Waals surface area contributed by atoms with Crippen LogP contribution in [0.3, 0.4) is 0 Å². The van der Waals surface area contributed by atoms with Gasteiger partial charge in [0.25, 0.3) is 0 Å². The minimum Gasteiger partial charge on any atom is -0.477 e. The number of carboxylic acids is 1. The topological polar surface area (TPSA) is 50.2 Å². The van der Waals surface area contributed by atoms with E-state index in [4.69, 9.17) is 5.11 Å². The molecule has 1 aromatic heterocycles. The van der Waals surface area contributed by atoms with Crippen molar-refractivity contribution >= 4 is 5.97 Å². The first-order valence-corrected chi connectivity index (χ1v) is 3.94. The van der Waals surface area contributed by atoms with Crippen LogP contribution in [0.5, 0.6) is 0 Å². The lowest BCUT2D eigenvalue weighted by molar-refractivity contribution is -0.164. The predicted molar refractivity (Wildman–Crippen MR) is 45.3 cm³/mol. The van der Waals surface area contributed by atoms with Crippen molar-refractivity contribution in [2.75, 3.05) is 0 Å². The molecule has 0 unspecified atom stereocenters. The molecule has 0 atom stereocenters. The van der Waals surface area contributed by atoms with E-state index in [1.165, 1.54) is 12.4 Å². The Morgan fingerprint density at radius 3 is 2.79 bits per heavy atom. The number of aryl methyl sites for hydroxylation is 1. The van der Waals surface area contributed by atoms with Crippen LogP contribution in [0.1, 0.15) is 11.1 Å². The third-order valence-corrected chi connectivity index (χ3v) is 1.87. The summed E-state index contributed by atoms with van der Waals surface area (Å²) in [5.74, 6) is -5.84. The fraction of sp³-hybridized carbons (Fsp3) is 0.333. The largest absolute Gasteiger partial charge is 0.477 e. The molecule has 0 aliphatic heterocycles. The highest BCUT2D eigenvalue weighted by Crippen LogP contribution is 2.21. The molecule has 0 saturated carbocycles. The molecule has 0 aliphatic carbocycles. The molecule has 0 bridgehead atoms. The number of halogens is 2.